The van der Waals surface area contributed by atoms with E-state index in [0.717, 1.165) is 32.2 Å². The van der Waals surface area contributed by atoms with E-state index in [4.69, 9.17) is 9.16 Å². The van der Waals surface area contributed by atoms with Gasteiger partial charge in [-0.1, -0.05) is 20.8 Å². The Morgan fingerprint density at radius 2 is 1.89 bits per heavy atom. The number of aldehydes is 1. The van der Waals surface area contributed by atoms with Gasteiger partial charge in [-0.15, -0.1) is 0 Å². The zero-order valence-electron chi connectivity index (χ0n) is 13.2. The van der Waals surface area contributed by atoms with Crippen LogP contribution in [0.2, 0.25) is 18.1 Å². The van der Waals surface area contributed by atoms with Crippen LogP contribution in [0.5, 0.6) is 0 Å². The molecular weight excluding hydrogens is 256 g/mol. The van der Waals surface area contributed by atoms with Crippen LogP contribution in [0.25, 0.3) is 0 Å². The summed E-state index contributed by atoms with van der Waals surface area (Å²) in [5.74, 6) is 0. The summed E-state index contributed by atoms with van der Waals surface area (Å²) in [6.45, 7) is 12.1. The molecule has 0 aromatic heterocycles. The fourth-order valence-corrected chi connectivity index (χ4v) is 3.20. The molecule has 0 aliphatic carbocycles. The minimum Gasteiger partial charge on any atom is -0.417 e. The minimum atomic E-state index is -1.63. The summed E-state index contributed by atoms with van der Waals surface area (Å²) in [5.41, 5.74) is 0. The van der Waals surface area contributed by atoms with E-state index < -0.39 is 8.32 Å². The monoisotopic (exact) mass is 286 g/mol. The standard InChI is InChI=1S/C15H30O3Si/c1-15(2,3)19(4,5)17-12-10-14-8-6-7-13(18-14)9-11-16/h11,13-14H,6-10,12H2,1-5H3/t13-,14+/m0/s1. The Balaban J connectivity index is 2.31. The second kappa shape index (κ2) is 7.00. The van der Waals surface area contributed by atoms with Crippen molar-refractivity contribution in [2.75, 3.05) is 6.61 Å². The highest BCUT2D eigenvalue weighted by Crippen LogP contribution is 2.36. The van der Waals surface area contributed by atoms with E-state index in [9.17, 15) is 4.79 Å². The largest absolute Gasteiger partial charge is 0.417 e. The van der Waals surface area contributed by atoms with E-state index in [1.807, 2.05) is 0 Å². The number of carbonyl (C=O) groups is 1. The molecular formula is C15H30O3Si. The molecule has 0 aromatic carbocycles. The molecule has 0 saturated carbocycles. The van der Waals surface area contributed by atoms with Gasteiger partial charge in [0.1, 0.15) is 6.29 Å². The molecule has 0 unspecified atom stereocenters. The Kier molecular flexibility index (Phi) is 6.21. The van der Waals surface area contributed by atoms with Crippen molar-refractivity contribution in [3.63, 3.8) is 0 Å². The molecule has 0 bridgehead atoms. The Morgan fingerprint density at radius 3 is 2.47 bits per heavy atom. The minimum absolute atomic E-state index is 0.143. The molecule has 1 aliphatic heterocycles. The van der Waals surface area contributed by atoms with E-state index in [-0.39, 0.29) is 17.2 Å². The van der Waals surface area contributed by atoms with E-state index in [2.05, 4.69) is 33.9 Å². The van der Waals surface area contributed by atoms with Crippen molar-refractivity contribution >= 4 is 14.6 Å². The number of rotatable bonds is 6. The summed E-state index contributed by atoms with van der Waals surface area (Å²) < 4.78 is 12.1. The molecule has 1 heterocycles. The van der Waals surface area contributed by atoms with Crippen molar-refractivity contribution in [2.45, 2.75) is 83.2 Å². The zero-order valence-corrected chi connectivity index (χ0v) is 14.2. The van der Waals surface area contributed by atoms with Gasteiger partial charge in [0.25, 0.3) is 0 Å². The van der Waals surface area contributed by atoms with Crippen LogP contribution >= 0.6 is 0 Å². The molecule has 19 heavy (non-hydrogen) atoms. The van der Waals surface area contributed by atoms with E-state index >= 15 is 0 Å². The van der Waals surface area contributed by atoms with Crippen LogP contribution in [-0.4, -0.2) is 33.4 Å². The summed E-state index contributed by atoms with van der Waals surface area (Å²) in [5, 5.41) is 0.264. The first-order chi connectivity index (χ1) is 8.76. The lowest BCUT2D eigenvalue weighted by Gasteiger charge is -2.37. The maximum absolute atomic E-state index is 10.5. The second-order valence-corrected chi connectivity index (χ2v) is 11.9. The van der Waals surface area contributed by atoms with Crippen molar-refractivity contribution in [1.29, 1.82) is 0 Å². The summed E-state index contributed by atoms with van der Waals surface area (Å²) in [4.78, 5) is 10.5. The van der Waals surface area contributed by atoms with Gasteiger partial charge in [-0.25, -0.2) is 0 Å². The quantitative estimate of drug-likeness (QED) is 0.548. The fraction of sp³-hybridized carbons (Fsp3) is 0.933. The van der Waals surface area contributed by atoms with Crippen LogP contribution in [0.4, 0.5) is 0 Å². The number of carbonyl (C=O) groups excluding carboxylic acids is 1. The van der Waals surface area contributed by atoms with Gasteiger partial charge in [0, 0.05) is 13.0 Å². The summed E-state index contributed by atoms with van der Waals surface area (Å²) >= 11 is 0. The van der Waals surface area contributed by atoms with Gasteiger partial charge >= 0.3 is 0 Å². The van der Waals surface area contributed by atoms with Crippen molar-refractivity contribution < 1.29 is 14.0 Å². The first kappa shape index (κ1) is 16.9. The Labute approximate surface area is 119 Å². The van der Waals surface area contributed by atoms with Gasteiger partial charge in [-0.05, 0) is 43.8 Å². The molecule has 0 radical (unpaired) electrons. The van der Waals surface area contributed by atoms with Gasteiger partial charge in [0.15, 0.2) is 8.32 Å². The molecule has 4 heteroatoms. The van der Waals surface area contributed by atoms with Crippen LogP contribution in [0.3, 0.4) is 0 Å². The number of hydrogen-bond acceptors (Lipinski definition) is 3. The van der Waals surface area contributed by atoms with Gasteiger partial charge in [0.05, 0.1) is 12.2 Å². The van der Waals surface area contributed by atoms with E-state index in [0.29, 0.717) is 6.42 Å². The van der Waals surface area contributed by atoms with Crippen LogP contribution in [-0.2, 0) is 14.0 Å². The molecule has 0 aromatic rings. The molecule has 1 aliphatic rings. The van der Waals surface area contributed by atoms with Crippen molar-refractivity contribution in [3.8, 4) is 0 Å². The van der Waals surface area contributed by atoms with Crippen LogP contribution in [0.15, 0.2) is 0 Å². The number of hydrogen-bond donors (Lipinski definition) is 0. The fourth-order valence-electron chi connectivity index (χ4n) is 2.14. The average Bonchev–Trinajstić information content (AvgIpc) is 2.28. The maximum Gasteiger partial charge on any atom is 0.191 e. The highest BCUT2D eigenvalue weighted by atomic mass is 28.4. The predicted octanol–water partition coefficient (Wildman–Crippen LogP) is 3.93. The van der Waals surface area contributed by atoms with Crippen LogP contribution in [0.1, 0.15) is 52.9 Å². The molecule has 1 saturated heterocycles. The Hall–Kier alpha value is -0.193. The van der Waals surface area contributed by atoms with E-state index in [1.165, 1.54) is 6.42 Å². The third kappa shape index (κ3) is 5.36. The second-order valence-electron chi connectivity index (χ2n) is 7.11. The normalized spacial score (nSPS) is 25.3. The summed E-state index contributed by atoms with van der Waals surface area (Å²) in [6.07, 6.45) is 6.20. The molecule has 1 rings (SSSR count). The first-order valence-corrected chi connectivity index (χ1v) is 10.4. The average molecular weight is 286 g/mol. The van der Waals surface area contributed by atoms with E-state index in [1.54, 1.807) is 0 Å². The van der Waals surface area contributed by atoms with Gasteiger partial charge < -0.3 is 14.0 Å². The number of ether oxygens (including phenoxy) is 1. The molecule has 1 fully saturated rings. The van der Waals surface area contributed by atoms with Crippen molar-refractivity contribution in [1.82, 2.24) is 0 Å². The van der Waals surface area contributed by atoms with Crippen LogP contribution in [0, 0.1) is 0 Å². The van der Waals surface area contributed by atoms with Crippen LogP contribution < -0.4 is 0 Å². The zero-order chi connectivity index (χ0) is 14.5. The molecule has 0 amide bonds. The topological polar surface area (TPSA) is 35.5 Å². The smallest absolute Gasteiger partial charge is 0.191 e. The third-order valence-corrected chi connectivity index (χ3v) is 9.04. The predicted molar refractivity (Wildman–Crippen MR) is 81.0 cm³/mol. The Bertz CT molecular complexity index is 284. The first-order valence-electron chi connectivity index (χ1n) is 7.49. The summed E-state index contributed by atoms with van der Waals surface area (Å²) in [6, 6.07) is 0. The highest BCUT2D eigenvalue weighted by Gasteiger charge is 2.37. The third-order valence-electron chi connectivity index (χ3n) is 4.51. The molecule has 0 N–H and O–H groups in total. The van der Waals surface area contributed by atoms with Gasteiger partial charge in [-0.2, -0.15) is 0 Å². The lowest BCUT2D eigenvalue weighted by Crippen LogP contribution is -2.41. The van der Waals surface area contributed by atoms with Gasteiger partial charge in [0.2, 0.25) is 0 Å². The maximum atomic E-state index is 10.5. The molecule has 0 spiro atoms. The highest BCUT2D eigenvalue weighted by molar-refractivity contribution is 6.74. The molecule has 2 atom stereocenters. The lowest BCUT2D eigenvalue weighted by atomic mass is 10.0. The van der Waals surface area contributed by atoms with Crippen molar-refractivity contribution in [3.05, 3.63) is 0 Å². The summed E-state index contributed by atoms with van der Waals surface area (Å²) in [7, 11) is -1.63. The molecule has 3 nitrogen and oxygen atoms in total. The SMILES string of the molecule is CC(C)(C)[Si](C)(C)OCC[C@H]1CCC[C@@H](CC=O)O1. The van der Waals surface area contributed by atoms with Crippen molar-refractivity contribution in [2.24, 2.45) is 0 Å². The van der Waals surface area contributed by atoms with Gasteiger partial charge in [-0.3, -0.25) is 0 Å². The molecule has 112 valence electrons. The lowest BCUT2D eigenvalue weighted by molar-refractivity contribution is -0.114. The Morgan fingerprint density at radius 1 is 1.26 bits per heavy atom.